The standard InChI is InChI=1S/2C16H14ClN5O4S.Cr/c2*1-9-15(16(24)22(21-9)10-5-3-2-4-6-10)20-19-12-7-11(17)14(8-13(12)23)27(18,25)26;/h2*2-8,21,23H,1H3,(H2,18,25,26);/q;;+3/p-1. The molecule has 4 aromatic carbocycles. The number of nitrogens with two attached hydrogens (primary N) is 1. The van der Waals surface area contributed by atoms with Gasteiger partial charge in [-0.3, -0.25) is 19.8 Å². The number of primary sulfonamides is 1. The molecule has 0 unspecified atom stereocenters. The first kappa shape index (κ1) is 42.4. The topological polar surface area (TPSA) is 293 Å². The van der Waals surface area contributed by atoms with Gasteiger partial charge in [0.2, 0.25) is 10.0 Å². The predicted molar refractivity (Wildman–Crippen MR) is 194 cm³/mol. The van der Waals surface area contributed by atoms with Gasteiger partial charge >= 0.3 is 27.4 Å². The first-order chi connectivity index (χ1) is 25.4. The Morgan fingerprint density at radius 3 is 1.38 bits per heavy atom. The van der Waals surface area contributed by atoms with Crippen LogP contribution in [-0.2, 0) is 37.4 Å². The number of rotatable bonds is 8. The van der Waals surface area contributed by atoms with Crippen molar-refractivity contribution in [2.75, 3.05) is 0 Å². The molecule has 0 saturated carbocycles. The summed E-state index contributed by atoms with van der Waals surface area (Å²) in [4.78, 5) is 24.2. The second kappa shape index (κ2) is 17.0. The Morgan fingerprint density at radius 1 is 0.655 bits per heavy atom. The van der Waals surface area contributed by atoms with E-state index in [1.165, 1.54) is 9.36 Å². The summed E-state index contributed by atoms with van der Waals surface area (Å²) >= 11 is 11.7. The van der Waals surface area contributed by atoms with Crippen molar-refractivity contribution < 1.29 is 49.5 Å². The molecule has 6 rings (SSSR count). The van der Waals surface area contributed by atoms with Gasteiger partial charge < -0.3 is 10.2 Å². The molecule has 23 heteroatoms. The molecule has 6 aromatic rings. The smallest absolute Gasteiger partial charge is 0.871 e. The number of benzene rings is 4. The van der Waals surface area contributed by atoms with E-state index in [-0.39, 0.29) is 50.2 Å². The molecule has 0 fully saturated rings. The number of aromatic amines is 2. The van der Waals surface area contributed by atoms with Gasteiger partial charge in [-0.05, 0) is 62.4 Å². The molecule has 283 valence electrons. The first-order valence-corrected chi connectivity index (χ1v) is 19.0. The number of nitrogens with zero attached hydrogens (tertiary/aromatic N) is 6. The third kappa shape index (κ3) is 9.66. The predicted octanol–water partition coefficient (Wildman–Crippen LogP) is 3.81. The molecule has 0 aliphatic rings. The first-order valence-electron chi connectivity index (χ1n) is 15.1. The Hall–Kier alpha value is -5.37. The zero-order valence-corrected chi connectivity index (χ0v) is 32.7. The van der Waals surface area contributed by atoms with E-state index < -0.39 is 52.5 Å². The van der Waals surface area contributed by atoms with Crippen LogP contribution in [0.15, 0.2) is 125 Å². The molecule has 18 nitrogen and oxygen atoms in total. The summed E-state index contributed by atoms with van der Waals surface area (Å²) in [6, 6.07) is 21.4. The summed E-state index contributed by atoms with van der Waals surface area (Å²) < 4.78 is 48.3. The summed E-state index contributed by atoms with van der Waals surface area (Å²) in [5.41, 5.74) is 0.808. The van der Waals surface area contributed by atoms with E-state index in [0.29, 0.717) is 22.8 Å². The van der Waals surface area contributed by atoms with Crippen molar-refractivity contribution >= 4 is 66.0 Å². The van der Waals surface area contributed by atoms with Crippen LogP contribution in [0.3, 0.4) is 0 Å². The van der Waals surface area contributed by atoms with Gasteiger partial charge in [-0.1, -0.05) is 71.1 Å². The Bertz CT molecular complexity index is 2600. The summed E-state index contributed by atoms with van der Waals surface area (Å²) in [5.74, 6) is -1.45. The Balaban J connectivity index is 0.000000240. The molecule has 0 bridgehead atoms. The number of aryl methyl sites for hydroxylation is 2. The van der Waals surface area contributed by atoms with Crippen LogP contribution in [0.2, 0.25) is 10.0 Å². The monoisotopic (exact) mass is 865 g/mol. The van der Waals surface area contributed by atoms with E-state index in [9.17, 15) is 36.6 Å². The second-order valence-electron chi connectivity index (χ2n) is 11.2. The van der Waals surface area contributed by atoms with Gasteiger partial charge in [0, 0.05) is 0 Å². The average Bonchev–Trinajstić information content (AvgIpc) is 3.57. The quantitative estimate of drug-likeness (QED) is 0.163. The number of hydrogen-bond acceptors (Lipinski definition) is 12. The number of azo groups is 2. The maximum absolute atomic E-state index is 12.5. The van der Waals surface area contributed by atoms with E-state index in [0.717, 1.165) is 24.3 Å². The minimum atomic E-state index is -4.14. The van der Waals surface area contributed by atoms with E-state index in [2.05, 4.69) is 35.8 Å². The fourth-order valence-corrected chi connectivity index (χ4v) is 6.93. The van der Waals surface area contributed by atoms with E-state index in [1.54, 1.807) is 62.4 Å². The van der Waals surface area contributed by atoms with Crippen molar-refractivity contribution in [1.29, 1.82) is 0 Å². The number of nitrogens with one attached hydrogen (secondary N) is 2. The van der Waals surface area contributed by atoms with Gasteiger partial charge in [0.05, 0.1) is 49.1 Å². The van der Waals surface area contributed by atoms with E-state index in [4.69, 9.17) is 28.3 Å². The molecule has 0 atom stereocenters. The number of aromatic nitrogens is 4. The molecule has 0 saturated heterocycles. The zero-order chi connectivity index (χ0) is 39.5. The van der Waals surface area contributed by atoms with Crippen LogP contribution in [0.1, 0.15) is 11.4 Å². The Morgan fingerprint density at radius 2 is 1.02 bits per heavy atom. The van der Waals surface area contributed by atoms with Gasteiger partial charge in [0.25, 0.3) is 11.1 Å². The van der Waals surface area contributed by atoms with Crippen molar-refractivity contribution in [2.24, 2.45) is 25.6 Å². The van der Waals surface area contributed by atoms with Crippen LogP contribution in [-0.4, -0.2) is 36.4 Å². The van der Waals surface area contributed by atoms with E-state index in [1.807, 2.05) is 12.1 Å². The number of H-pyrrole nitrogens is 2. The van der Waals surface area contributed by atoms with Crippen LogP contribution in [0.4, 0.5) is 22.7 Å². The summed E-state index contributed by atoms with van der Waals surface area (Å²) in [5, 5.41) is 52.5. The fourth-order valence-electron chi connectivity index (χ4n) is 4.70. The number of quaternary nitrogens is 1. The molecule has 55 heavy (non-hydrogen) atoms. The normalized spacial score (nSPS) is 11.7. The number of hydrogen-bond donors (Lipinski definition) is 4. The molecule has 2 aromatic heterocycles. The van der Waals surface area contributed by atoms with Crippen molar-refractivity contribution in [3.8, 4) is 22.9 Å². The average molecular weight is 867 g/mol. The van der Waals surface area contributed by atoms with Crippen LogP contribution >= 0.6 is 23.2 Å². The van der Waals surface area contributed by atoms with Crippen LogP contribution < -0.4 is 31.6 Å². The molecule has 0 spiro atoms. The number of halogens is 2. The van der Waals surface area contributed by atoms with E-state index >= 15 is 0 Å². The molecule has 1 radical (unpaired) electrons. The zero-order valence-electron chi connectivity index (χ0n) is 28.3. The minimum Gasteiger partial charge on any atom is -0.871 e. The maximum Gasteiger partial charge on any atom is 3.00 e. The van der Waals surface area contributed by atoms with Gasteiger partial charge in [0.15, 0.2) is 11.4 Å². The number of para-hydroxylation sites is 2. The summed E-state index contributed by atoms with van der Waals surface area (Å²) in [6.45, 7) is 3.27. The fraction of sp³-hybridized carbons (Fsp3) is 0.0625. The molecular weight excluding hydrogens is 839 g/mol. The third-order valence-corrected chi connectivity index (χ3v) is 10.1. The van der Waals surface area contributed by atoms with Gasteiger partial charge in [0.1, 0.15) is 4.90 Å². The summed E-state index contributed by atoms with van der Waals surface area (Å²) in [7, 11) is -8.04. The molecule has 7 N–H and O–H groups in total. The molecule has 2 heterocycles. The minimum absolute atomic E-state index is 0. The van der Waals surface area contributed by atoms with Crippen LogP contribution in [0.25, 0.3) is 11.4 Å². The molecular formula is C32H27Cl2CrN10O8S2+2. The Kier molecular flexibility index (Phi) is 13.1. The molecule has 0 amide bonds. The van der Waals surface area contributed by atoms with Gasteiger partial charge in [-0.2, -0.15) is 18.6 Å². The Labute approximate surface area is 332 Å². The molecule has 0 aliphatic heterocycles. The molecule has 0 aliphatic carbocycles. The van der Waals surface area contributed by atoms with Crippen molar-refractivity contribution in [2.45, 2.75) is 23.6 Å². The van der Waals surface area contributed by atoms with Crippen LogP contribution in [0, 0.1) is 13.8 Å². The SMILES string of the molecule is Cc1[nH]n(-c2ccccc2)c(=O)c1N=Nc1cc(Cl)c(S(N)(=O)=O)cc1[O-].Cc1[nH]n(-c2ccccc2)c(=O)c1N=Nc1cc(Cl)c(S([NH3+])(=O)=O)cc1[O-].[Cr+3]. The number of sulfonamides is 2. The van der Waals surface area contributed by atoms with Gasteiger partial charge in [-0.25, -0.2) is 28.1 Å². The van der Waals surface area contributed by atoms with Crippen molar-refractivity contribution in [3.63, 3.8) is 0 Å². The van der Waals surface area contributed by atoms with Crippen LogP contribution in [0.5, 0.6) is 11.5 Å². The van der Waals surface area contributed by atoms with Gasteiger partial charge in [-0.15, -0.1) is 10.2 Å². The summed E-state index contributed by atoms with van der Waals surface area (Å²) in [6.07, 6.45) is 0. The third-order valence-electron chi connectivity index (χ3n) is 7.29. The van der Waals surface area contributed by atoms with Crippen molar-refractivity contribution in [1.82, 2.24) is 19.6 Å². The largest absolute Gasteiger partial charge is 3.00 e. The maximum atomic E-state index is 12.5. The second-order valence-corrected chi connectivity index (χ2v) is 15.2. The van der Waals surface area contributed by atoms with Crippen molar-refractivity contribution in [3.05, 3.63) is 127 Å².